The highest BCUT2D eigenvalue weighted by Crippen LogP contribution is 2.52. The number of ketones is 3. The van der Waals surface area contributed by atoms with Gasteiger partial charge in [-0.1, -0.05) is 19.1 Å². The lowest BCUT2D eigenvalue weighted by molar-refractivity contribution is -0.247. The van der Waals surface area contributed by atoms with E-state index in [0.29, 0.717) is 0 Å². The number of phenols is 3. The van der Waals surface area contributed by atoms with E-state index in [1.807, 2.05) is 0 Å². The highest BCUT2D eigenvalue weighted by Gasteiger charge is 2.49. The summed E-state index contributed by atoms with van der Waals surface area (Å²) in [7, 11) is 0. The molecule has 1 fully saturated rings. The van der Waals surface area contributed by atoms with Crippen molar-refractivity contribution in [2.75, 3.05) is 0 Å². The van der Waals surface area contributed by atoms with Crippen molar-refractivity contribution in [3.05, 3.63) is 51.6 Å². The standard InChI is InChI=1S/C27H29NO10/c1-3-16(30)27(36)8-12-19(15(9-27)38-17-7-13(28)22(31)10(2)37-17)26(35)21-20(24(12)33)23(32)11-5-4-6-14(29)18(11)25(21)34/h4-6,10,13,15,17,22,29,31,33,35-36H,3,7-9,28H2,1-2H3/t10?,13?,15-,17-,22+,27-/m0/s1. The van der Waals surface area contributed by atoms with Crippen LogP contribution in [0.15, 0.2) is 18.2 Å². The molecule has 0 saturated carbocycles. The van der Waals surface area contributed by atoms with Gasteiger partial charge >= 0.3 is 0 Å². The van der Waals surface area contributed by atoms with Crippen molar-refractivity contribution < 1.29 is 49.4 Å². The number of carbonyl (C=O) groups excluding carboxylic acids is 3. The summed E-state index contributed by atoms with van der Waals surface area (Å²) >= 11 is 0. The molecule has 7 N–H and O–H groups in total. The second-order valence-corrected chi connectivity index (χ2v) is 10.2. The second kappa shape index (κ2) is 9.14. The van der Waals surface area contributed by atoms with Crippen molar-refractivity contribution in [2.24, 2.45) is 5.73 Å². The third-order valence-electron chi connectivity index (χ3n) is 7.78. The monoisotopic (exact) mass is 527 g/mol. The number of fused-ring (bicyclic) bond motifs is 3. The van der Waals surface area contributed by atoms with Crippen LogP contribution < -0.4 is 5.73 Å². The largest absolute Gasteiger partial charge is 0.507 e. The third kappa shape index (κ3) is 3.81. The Labute approximate surface area is 217 Å². The minimum atomic E-state index is -2.01. The lowest BCUT2D eigenvalue weighted by Crippen LogP contribution is -2.52. The fourth-order valence-corrected chi connectivity index (χ4v) is 5.78. The SMILES string of the molecule is CCC(=O)[C@]1(O)Cc2c(O)c3c(c(O)c2[C@@H](O[C@H]2CC(N)[C@H](O)C(C)O2)C1)C(=O)c1c(O)cccc1C3=O. The Bertz CT molecular complexity index is 1360. The minimum Gasteiger partial charge on any atom is -0.507 e. The van der Waals surface area contributed by atoms with Gasteiger partial charge in [-0.3, -0.25) is 14.4 Å². The zero-order valence-electron chi connectivity index (χ0n) is 20.8. The number of ether oxygens (including phenoxy) is 2. The van der Waals surface area contributed by atoms with Crippen molar-refractivity contribution in [1.82, 2.24) is 0 Å². The van der Waals surface area contributed by atoms with Crippen molar-refractivity contribution in [1.29, 1.82) is 0 Å². The Balaban J connectivity index is 1.68. The maximum atomic E-state index is 13.4. The normalized spacial score (nSPS) is 30.4. The van der Waals surface area contributed by atoms with Crippen LogP contribution in [0.3, 0.4) is 0 Å². The number of aromatic hydroxyl groups is 3. The fraction of sp³-hybridized carbons (Fsp3) is 0.444. The van der Waals surface area contributed by atoms with E-state index >= 15 is 0 Å². The summed E-state index contributed by atoms with van der Waals surface area (Å²) in [6, 6.07) is 3.21. The Hall–Kier alpha value is -3.35. The average Bonchev–Trinajstić information content (AvgIpc) is 2.86. The van der Waals surface area contributed by atoms with E-state index in [4.69, 9.17) is 15.2 Å². The molecule has 202 valence electrons. The van der Waals surface area contributed by atoms with Gasteiger partial charge in [-0.15, -0.1) is 0 Å². The van der Waals surface area contributed by atoms with E-state index in [2.05, 4.69) is 0 Å². The number of aliphatic hydroxyl groups is 2. The first-order valence-electron chi connectivity index (χ1n) is 12.4. The third-order valence-corrected chi connectivity index (χ3v) is 7.78. The van der Waals surface area contributed by atoms with Gasteiger partial charge in [0.15, 0.2) is 17.9 Å². The maximum absolute atomic E-state index is 13.4. The molecule has 2 aliphatic carbocycles. The smallest absolute Gasteiger partial charge is 0.202 e. The first kappa shape index (κ1) is 26.3. The van der Waals surface area contributed by atoms with Crippen LogP contribution in [0, 0.1) is 0 Å². The van der Waals surface area contributed by atoms with Gasteiger partial charge in [0.2, 0.25) is 5.78 Å². The van der Waals surface area contributed by atoms with E-state index in [1.54, 1.807) is 13.8 Å². The number of hydrogen-bond acceptors (Lipinski definition) is 11. The van der Waals surface area contributed by atoms with E-state index in [1.165, 1.54) is 18.2 Å². The van der Waals surface area contributed by atoms with Crippen molar-refractivity contribution in [3.8, 4) is 17.2 Å². The Morgan fingerprint density at radius 3 is 2.47 bits per heavy atom. The average molecular weight is 528 g/mol. The van der Waals surface area contributed by atoms with Gasteiger partial charge in [0.05, 0.1) is 35.0 Å². The van der Waals surface area contributed by atoms with Gasteiger partial charge in [0.25, 0.3) is 0 Å². The van der Waals surface area contributed by atoms with Crippen LogP contribution in [0.4, 0.5) is 0 Å². The van der Waals surface area contributed by atoms with Crippen LogP contribution in [0.2, 0.25) is 0 Å². The van der Waals surface area contributed by atoms with Crippen LogP contribution in [0.1, 0.15) is 82.2 Å². The first-order chi connectivity index (χ1) is 17.9. The van der Waals surface area contributed by atoms with Crippen molar-refractivity contribution >= 4 is 17.3 Å². The van der Waals surface area contributed by atoms with Gasteiger partial charge in [0, 0.05) is 48.4 Å². The number of phenolic OH excluding ortho intramolecular Hbond substituents is 3. The summed E-state index contributed by atoms with van der Waals surface area (Å²) < 4.78 is 11.8. The molecule has 1 aliphatic heterocycles. The van der Waals surface area contributed by atoms with Crippen LogP contribution in [-0.2, 0) is 20.7 Å². The second-order valence-electron chi connectivity index (χ2n) is 10.2. The highest BCUT2D eigenvalue weighted by atomic mass is 16.7. The molecule has 2 unspecified atom stereocenters. The molecule has 0 spiro atoms. The Morgan fingerprint density at radius 1 is 1.13 bits per heavy atom. The summed E-state index contributed by atoms with van der Waals surface area (Å²) in [5.41, 5.74) is 2.36. The summed E-state index contributed by atoms with van der Waals surface area (Å²) in [5, 5.41) is 54.5. The molecule has 2 aromatic carbocycles. The quantitative estimate of drug-likeness (QED) is 0.266. The predicted molar refractivity (Wildman–Crippen MR) is 130 cm³/mol. The van der Waals surface area contributed by atoms with E-state index < -0.39 is 88.4 Å². The van der Waals surface area contributed by atoms with Crippen LogP contribution in [0.25, 0.3) is 0 Å². The molecule has 11 heteroatoms. The number of nitrogens with two attached hydrogens (primary N) is 1. The molecule has 0 bridgehead atoms. The lowest BCUT2D eigenvalue weighted by Gasteiger charge is -2.42. The Morgan fingerprint density at radius 2 is 1.82 bits per heavy atom. The zero-order valence-corrected chi connectivity index (χ0v) is 20.8. The van der Waals surface area contributed by atoms with Crippen molar-refractivity contribution in [2.45, 2.75) is 75.8 Å². The fourth-order valence-electron chi connectivity index (χ4n) is 5.78. The summed E-state index contributed by atoms with van der Waals surface area (Å²) in [5.74, 6) is -4.02. The summed E-state index contributed by atoms with van der Waals surface area (Å²) in [6.07, 6.45) is -4.68. The minimum absolute atomic E-state index is 0.0334. The number of rotatable bonds is 4. The predicted octanol–water partition coefficient (Wildman–Crippen LogP) is 1.12. The van der Waals surface area contributed by atoms with Crippen LogP contribution in [-0.4, -0.2) is 73.0 Å². The molecule has 0 amide bonds. The maximum Gasteiger partial charge on any atom is 0.202 e. The molecule has 5 rings (SSSR count). The van der Waals surface area contributed by atoms with E-state index in [9.17, 15) is 39.9 Å². The van der Waals surface area contributed by atoms with Crippen LogP contribution >= 0.6 is 0 Å². The van der Waals surface area contributed by atoms with Gasteiger partial charge in [-0.05, 0) is 13.0 Å². The number of Topliss-reactive ketones (excluding diaryl/α,β-unsaturated/α-hetero) is 1. The molecule has 11 nitrogen and oxygen atoms in total. The van der Waals surface area contributed by atoms with Gasteiger partial charge < -0.3 is 40.7 Å². The molecular weight excluding hydrogens is 498 g/mol. The molecule has 6 atom stereocenters. The van der Waals surface area contributed by atoms with Gasteiger partial charge in [-0.25, -0.2) is 0 Å². The summed E-state index contributed by atoms with van der Waals surface area (Å²) in [4.78, 5) is 39.6. The number of aliphatic hydroxyl groups excluding tert-OH is 1. The van der Waals surface area contributed by atoms with Crippen LogP contribution in [0.5, 0.6) is 17.2 Å². The Kier molecular flexibility index (Phi) is 6.32. The number of benzene rings is 2. The summed E-state index contributed by atoms with van der Waals surface area (Å²) in [6.45, 7) is 3.16. The molecule has 3 aliphatic rings. The van der Waals surface area contributed by atoms with Gasteiger partial charge in [0.1, 0.15) is 22.8 Å². The molecule has 2 aromatic rings. The zero-order chi connectivity index (χ0) is 27.7. The van der Waals surface area contributed by atoms with E-state index in [-0.39, 0.29) is 41.5 Å². The lowest BCUT2D eigenvalue weighted by atomic mass is 9.71. The highest BCUT2D eigenvalue weighted by molar-refractivity contribution is 6.31. The van der Waals surface area contributed by atoms with E-state index in [0.717, 1.165) is 0 Å². The van der Waals surface area contributed by atoms with Gasteiger partial charge in [-0.2, -0.15) is 0 Å². The first-order valence-corrected chi connectivity index (χ1v) is 12.4. The molecular formula is C27H29NO10. The number of carbonyl (C=O) groups is 3. The van der Waals surface area contributed by atoms with Crippen molar-refractivity contribution in [3.63, 3.8) is 0 Å². The molecule has 0 aromatic heterocycles. The molecule has 1 heterocycles. The topological polar surface area (TPSA) is 197 Å². The molecule has 1 saturated heterocycles. The number of hydrogen-bond donors (Lipinski definition) is 6. The molecule has 38 heavy (non-hydrogen) atoms. The molecule has 0 radical (unpaired) electrons.